The zero-order valence-electron chi connectivity index (χ0n) is 14.9. The van der Waals surface area contributed by atoms with Crippen molar-refractivity contribution in [2.24, 2.45) is 0 Å². The van der Waals surface area contributed by atoms with Gasteiger partial charge in [0.25, 0.3) is 5.91 Å². The molecule has 2 N–H and O–H groups in total. The SMILES string of the molecule is CCOC(=O)C(=CNNC(=O)C1CN1Cc1ccccc1)C(=O)OCC. The summed E-state index contributed by atoms with van der Waals surface area (Å²) in [7, 11) is 0. The van der Waals surface area contributed by atoms with E-state index in [1.807, 2.05) is 35.2 Å². The highest BCUT2D eigenvalue weighted by Gasteiger charge is 2.40. The molecular formula is C18H23N3O5. The van der Waals surface area contributed by atoms with Crippen LogP contribution < -0.4 is 10.9 Å². The van der Waals surface area contributed by atoms with Gasteiger partial charge in [0, 0.05) is 19.3 Å². The maximum atomic E-state index is 12.1. The average Bonchev–Trinajstić information content (AvgIpc) is 3.39. The number of nitrogens with one attached hydrogen (secondary N) is 2. The molecule has 0 aromatic heterocycles. The van der Waals surface area contributed by atoms with E-state index in [9.17, 15) is 14.4 Å². The molecular weight excluding hydrogens is 338 g/mol. The molecule has 1 amide bonds. The van der Waals surface area contributed by atoms with Crippen molar-refractivity contribution >= 4 is 17.8 Å². The Morgan fingerprint density at radius 2 is 1.73 bits per heavy atom. The van der Waals surface area contributed by atoms with E-state index in [4.69, 9.17) is 9.47 Å². The molecule has 2 rings (SSSR count). The smallest absolute Gasteiger partial charge is 0.347 e. The van der Waals surface area contributed by atoms with Gasteiger partial charge in [0.15, 0.2) is 5.57 Å². The van der Waals surface area contributed by atoms with Crippen LogP contribution in [0.25, 0.3) is 0 Å². The molecule has 1 heterocycles. The molecule has 2 atom stereocenters. The highest BCUT2D eigenvalue weighted by Crippen LogP contribution is 2.20. The fourth-order valence-corrected chi connectivity index (χ4v) is 2.30. The Hall–Kier alpha value is -2.87. The summed E-state index contributed by atoms with van der Waals surface area (Å²) in [5.74, 6) is -1.88. The minimum Gasteiger partial charge on any atom is -0.462 e. The van der Waals surface area contributed by atoms with Crippen molar-refractivity contribution in [2.45, 2.75) is 26.4 Å². The van der Waals surface area contributed by atoms with E-state index in [1.165, 1.54) is 0 Å². The van der Waals surface area contributed by atoms with Crippen LogP contribution >= 0.6 is 0 Å². The molecule has 0 spiro atoms. The fraction of sp³-hybridized carbons (Fsp3) is 0.389. The van der Waals surface area contributed by atoms with Crippen molar-refractivity contribution in [2.75, 3.05) is 19.8 Å². The van der Waals surface area contributed by atoms with Crippen molar-refractivity contribution in [1.29, 1.82) is 0 Å². The predicted octanol–water partition coefficient (Wildman–Crippen LogP) is 0.502. The first-order valence-corrected chi connectivity index (χ1v) is 8.44. The predicted molar refractivity (Wildman–Crippen MR) is 93.3 cm³/mol. The fourth-order valence-electron chi connectivity index (χ4n) is 2.30. The quantitative estimate of drug-likeness (QED) is 0.165. The molecule has 26 heavy (non-hydrogen) atoms. The first-order chi connectivity index (χ1) is 12.6. The van der Waals surface area contributed by atoms with Gasteiger partial charge >= 0.3 is 11.9 Å². The molecule has 1 aliphatic heterocycles. The summed E-state index contributed by atoms with van der Waals surface area (Å²) in [5.41, 5.74) is 5.76. The molecule has 8 heteroatoms. The Labute approximate surface area is 152 Å². The number of hydrogen-bond donors (Lipinski definition) is 2. The largest absolute Gasteiger partial charge is 0.462 e. The number of hydrazine groups is 1. The van der Waals surface area contributed by atoms with E-state index in [0.29, 0.717) is 13.1 Å². The minimum atomic E-state index is -0.815. The van der Waals surface area contributed by atoms with Crippen LogP contribution in [-0.2, 0) is 30.4 Å². The molecule has 1 saturated heterocycles. The van der Waals surface area contributed by atoms with Crippen LogP contribution in [0.2, 0.25) is 0 Å². The maximum Gasteiger partial charge on any atom is 0.347 e. The molecule has 0 saturated carbocycles. The molecule has 140 valence electrons. The summed E-state index contributed by atoms with van der Waals surface area (Å²) in [5, 5.41) is 0. The summed E-state index contributed by atoms with van der Waals surface area (Å²) in [6.07, 6.45) is 1.08. The second-order valence-electron chi connectivity index (χ2n) is 5.56. The molecule has 1 aliphatic rings. The first-order valence-electron chi connectivity index (χ1n) is 8.44. The van der Waals surface area contributed by atoms with Crippen LogP contribution in [0.4, 0.5) is 0 Å². The molecule has 1 aromatic rings. The second kappa shape index (κ2) is 9.57. The van der Waals surface area contributed by atoms with Crippen molar-refractivity contribution < 1.29 is 23.9 Å². The average molecular weight is 361 g/mol. The number of amides is 1. The number of esters is 2. The van der Waals surface area contributed by atoms with Gasteiger partial charge in [-0.2, -0.15) is 0 Å². The van der Waals surface area contributed by atoms with Gasteiger partial charge in [-0.05, 0) is 19.4 Å². The van der Waals surface area contributed by atoms with Gasteiger partial charge in [-0.25, -0.2) is 9.59 Å². The van der Waals surface area contributed by atoms with Gasteiger partial charge < -0.3 is 14.9 Å². The number of carbonyl (C=O) groups is 3. The van der Waals surface area contributed by atoms with E-state index in [-0.39, 0.29) is 30.7 Å². The minimum absolute atomic E-state index is 0.123. The summed E-state index contributed by atoms with van der Waals surface area (Å²) in [6.45, 7) is 4.84. The lowest BCUT2D eigenvalue weighted by atomic mass is 10.2. The van der Waals surface area contributed by atoms with Gasteiger partial charge in [0.1, 0.15) is 6.04 Å². The maximum absolute atomic E-state index is 12.1. The molecule has 2 unspecified atom stereocenters. The third kappa shape index (κ3) is 5.59. The van der Waals surface area contributed by atoms with Crippen molar-refractivity contribution in [3.05, 3.63) is 47.7 Å². The Bertz CT molecular complexity index is 655. The summed E-state index contributed by atoms with van der Waals surface area (Å²) >= 11 is 0. The molecule has 8 nitrogen and oxygen atoms in total. The van der Waals surface area contributed by atoms with E-state index in [1.54, 1.807) is 13.8 Å². The lowest BCUT2D eigenvalue weighted by Gasteiger charge is -2.09. The lowest BCUT2D eigenvalue weighted by Crippen LogP contribution is -2.39. The normalized spacial score (nSPS) is 17.6. The second-order valence-corrected chi connectivity index (χ2v) is 5.56. The van der Waals surface area contributed by atoms with Gasteiger partial charge in [-0.15, -0.1) is 0 Å². The Balaban J connectivity index is 1.84. The third-order valence-corrected chi connectivity index (χ3v) is 3.65. The zero-order chi connectivity index (χ0) is 18.9. The van der Waals surface area contributed by atoms with Crippen LogP contribution in [0.5, 0.6) is 0 Å². The van der Waals surface area contributed by atoms with Crippen molar-refractivity contribution in [3.63, 3.8) is 0 Å². The Morgan fingerprint density at radius 3 is 2.31 bits per heavy atom. The molecule has 1 aromatic carbocycles. The number of benzene rings is 1. The number of carbonyl (C=O) groups excluding carboxylic acids is 3. The third-order valence-electron chi connectivity index (χ3n) is 3.65. The van der Waals surface area contributed by atoms with E-state index >= 15 is 0 Å². The number of nitrogens with zero attached hydrogens (tertiary/aromatic N) is 1. The monoisotopic (exact) mass is 361 g/mol. The first kappa shape index (κ1) is 19.5. The van der Waals surface area contributed by atoms with Gasteiger partial charge in [-0.3, -0.25) is 15.1 Å². The molecule has 1 fully saturated rings. The van der Waals surface area contributed by atoms with Crippen LogP contribution in [0.3, 0.4) is 0 Å². The number of rotatable bonds is 9. The van der Waals surface area contributed by atoms with Crippen LogP contribution in [0.15, 0.2) is 42.1 Å². The van der Waals surface area contributed by atoms with Crippen molar-refractivity contribution in [1.82, 2.24) is 15.8 Å². The van der Waals surface area contributed by atoms with Crippen LogP contribution in [0, 0.1) is 0 Å². The topological polar surface area (TPSA) is 96.7 Å². The van der Waals surface area contributed by atoms with Crippen molar-refractivity contribution in [3.8, 4) is 0 Å². The lowest BCUT2D eigenvalue weighted by molar-refractivity contribution is -0.146. The number of hydrogen-bond acceptors (Lipinski definition) is 7. The molecule has 0 radical (unpaired) electrons. The van der Waals surface area contributed by atoms with E-state index in [0.717, 1.165) is 11.8 Å². The summed E-state index contributed by atoms with van der Waals surface area (Å²) in [4.78, 5) is 37.7. The summed E-state index contributed by atoms with van der Waals surface area (Å²) in [6, 6.07) is 9.60. The Kier molecular flexibility index (Phi) is 7.16. The van der Waals surface area contributed by atoms with Crippen LogP contribution in [-0.4, -0.2) is 48.5 Å². The van der Waals surface area contributed by atoms with E-state index in [2.05, 4.69) is 10.9 Å². The Morgan fingerprint density at radius 1 is 1.12 bits per heavy atom. The van der Waals surface area contributed by atoms with Gasteiger partial charge in [0.2, 0.25) is 0 Å². The molecule has 0 bridgehead atoms. The zero-order valence-corrected chi connectivity index (χ0v) is 14.9. The van der Waals surface area contributed by atoms with Gasteiger partial charge in [-0.1, -0.05) is 30.3 Å². The van der Waals surface area contributed by atoms with E-state index < -0.39 is 11.9 Å². The standard InChI is InChI=1S/C18H23N3O5/c1-3-25-17(23)14(18(24)26-4-2)10-19-20-16(22)15-12-21(15)11-13-8-6-5-7-9-13/h5-10,15,19H,3-4,11-12H2,1-2H3,(H,20,22). The molecule has 0 aliphatic carbocycles. The number of ether oxygens (including phenoxy) is 2. The van der Waals surface area contributed by atoms with Crippen LogP contribution in [0.1, 0.15) is 19.4 Å². The highest BCUT2D eigenvalue weighted by molar-refractivity contribution is 6.13. The van der Waals surface area contributed by atoms with Gasteiger partial charge in [0.05, 0.1) is 13.2 Å². The summed E-state index contributed by atoms with van der Waals surface area (Å²) < 4.78 is 9.61. The highest BCUT2D eigenvalue weighted by atomic mass is 16.6.